The van der Waals surface area contributed by atoms with E-state index in [1.165, 1.54) is 0 Å². The van der Waals surface area contributed by atoms with Gasteiger partial charge in [0.2, 0.25) is 0 Å². The van der Waals surface area contributed by atoms with E-state index in [1.807, 2.05) is 0 Å². The van der Waals surface area contributed by atoms with Gasteiger partial charge in [-0.15, -0.1) is 0 Å². The van der Waals surface area contributed by atoms with Crippen molar-refractivity contribution < 1.29 is 22.1 Å². The maximum atomic E-state index is 13.5. The summed E-state index contributed by atoms with van der Waals surface area (Å²) in [5, 5.41) is 3.42. The van der Waals surface area contributed by atoms with E-state index < -0.39 is 17.6 Å². The Morgan fingerprint density at radius 2 is 2.00 bits per heavy atom. The first-order valence-electron chi connectivity index (χ1n) is 4.81. The second-order valence-corrected chi connectivity index (χ2v) is 3.41. The molecule has 0 aliphatic rings. The van der Waals surface area contributed by atoms with Crippen molar-refractivity contribution >= 4 is 0 Å². The number of nitrogens with zero attached hydrogens (tertiary/aromatic N) is 2. The van der Waals surface area contributed by atoms with Crippen LogP contribution in [0.5, 0.6) is 0 Å². The maximum Gasteiger partial charge on any atom is 0.416 e. The Morgan fingerprint density at radius 3 is 2.50 bits per heavy atom. The molecule has 0 amide bonds. The number of halogens is 4. The molecule has 0 unspecified atom stereocenters. The highest BCUT2D eigenvalue weighted by atomic mass is 19.4. The largest absolute Gasteiger partial charge is 0.416 e. The molecule has 1 heterocycles. The van der Waals surface area contributed by atoms with Gasteiger partial charge in [0.05, 0.1) is 17.7 Å². The van der Waals surface area contributed by atoms with Crippen LogP contribution in [0.4, 0.5) is 17.6 Å². The van der Waals surface area contributed by atoms with Crippen LogP contribution in [-0.2, 0) is 12.7 Å². The first kappa shape index (κ1) is 12.5. The third kappa shape index (κ3) is 2.33. The minimum Gasteiger partial charge on any atom is -0.334 e. The van der Waals surface area contributed by atoms with Crippen LogP contribution in [0.15, 0.2) is 22.7 Å². The fourth-order valence-electron chi connectivity index (χ4n) is 1.31. The van der Waals surface area contributed by atoms with Crippen LogP contribution >= 0.6 is 0 Å². The molecule has 0 bridgehead atoms. The van der Waals surface area contributed by atoms with Gasteiger partial charge in [0.25, 0.3) is 5.89 Å². The minimum atomic E-state index is -4.60. The number of aromatic nitrogens is 2. The number of alkyl halides is 3. The molecule has 8 heteroatoms. The average molecular weight is 261 g/mol. The average Bonchev–Trinajstić information content (AvgIpc) is 2.76. The maximum absolute atomic E-state index is 13.5. The molecule has 0 fully saturated rings. The Hall–Kier alpha value is -1.96. The van der Waals surface area contributed by atoms with Crippen molar-refractivity contribution in [2.45, 2.75) is 12.7 Å². The second kappa shape index (κ2) is 4.37. The summed E-state index contributed by atoms with van der Waals surface area (Å²) < 4.78 is 55.2. The normalized spacial score (nSPS) is 11.8. The fraction of sp³-hybridized carbons (Fsp3) is 0.200. The third-order valence-electron chi connectivity index (χ3n) is 2.18. The predicted molar refractivity (Wildman–Crippen MR) is 52.6 cm³/mol. The lowest BCUT2D eigenvalue weighted by atomic mass is 10.1. The highest BCUT2D eigenvalue weighted by Gasteiger charge is 2.31. The summed E-state index contributed by atoms with van der Waals surface area (Å²) in [5.41, 5.74) is 3.95. The van der Waals surface area contributed by atoms with E-state index in [-0.39, 0.29) is 23.8 Å². The Bertz CT molecular complexity index is 564. The zero-order chi connectivity index (χ0) is 13.3. The molecule has 18 heavy (non-hydrogen) atoms. The molecule has 2 rings (SSSR count). The lowest BCUT2D eigenvalue weighted by molar-refractivity contribution is -0.137. The van der Waals surface area contributed by atoms with Gasteiger partial charge in [-0.1, -0.05) is 5.16 Å². The summed E-state index contributed by atoms with van der Waals surface area (Å²) in [6.07, 6.45) is -4.60. The standard InChI is InChI=1S/C10H7F4N3O/c11-7-3-5(10(12,13)14)1-2-6(7)9-16-8(4-15)17-18-9/h1-3H,4,15H2. The Labute approximate surface area is 98.4 Å². The van der Waals surface area contributed by atoms with Crippen molar-refractivity contribution in [2.24, 2.45) is 5.73 Å². The van der Waals surface area contributed by atoms with Crippen molar-refractivity contribution in [3.63, 3.8) is 0 Å². The summed E-state index contributed by atoms with van der Waals surface area (Å²) in [4.78, 5) is 3.73. The van der Waals surface area contributed by atoms with Gasteiger partial charge in [0.1, 0.15) is 5.82 Å². The van der Waals surface area contributed by atoms with Gasteiger partial charge in [-0.05, 0) is 18.2 Å². The molecule has 0 saturated carbocycles. The van der Waals surface area contributed by atoms with E-state index in [0.717, 1.165) is 12.1 Å². The lowest BCUT2D eigenvalue weighted by Gasteiger charge is -2.07. The molecular weight excluding hydrogens is 254 g/mol. The summed E-state index contributed by atoms with van der Waals surface area (Å²) in [6.45, 7) is -0.00818. The van der Waals surface area contributed by atoms with Crippen LogP contribution < -0.4 is 5.73 Å². The van der Waals surface area contributed by atoms with Crippen molar-refractivity contribution in [3.05, 3.63) is 35.4 Å². The minimum absolute atomic E-state index is 0.00818. The molecular formula is C10H7F4N3O. The van der Waals surface area contributed by atoms with Gasteiger partial charge in [-0.25, -0.2) is 4.39 Å². The lowest BCUT2D eigenvalue weighted by Crippen LogP contribution is -2.05. The van der Waals surface area contributed by atoms with E-state index in [4.69, 9.17) is 5.73 Å². The van der Waals surface area contributed by atoms with Crippen LogP contribution in [0, 0.1) is 5.82 Å². The molecule has 4 nitrogen and oxygen atoms in total. The molecule has 0 atom stereocenters. The monoisotopic (exact) mass is 261 g/mol. The molecule has 0 aliphatic heterocycles. The van der Waals surface area contributed by atoms with E-state index in [9.17, 15) is 17.6 Å². The molecule has 2 aromatic rings. The predicted octanol–water partition coefficient (Wildman–Crippen LogP) is 2.35. The Balaban J connectivity index is 2.41. The molecule has 0 saturated heterocycles. The zero-order valence-electron chi connectivity index (χ0n) is 8.83. The van der Waals surface area contributed by atoms with Crippen LogP contribution in [0.1, 0.15) is 11.4 Å². The van der Waals surface area contributed by atoms with Crippen molar-refractivity contribution in [1.82, 2.24) is 10.1 Å². The molecule has 0 spiro atoms. The second-order valence-electron chi connectivity index (χ2n) is 3.41. The van der Waals surface area contributed by atoms with E-state index in [0.29, 0.717) is 6.07 Å². The third-order valence-corrected chi connectivity index (χ3v) is 2.18. The molecule has 0 radical (unpaired) electrons. The van der Waals surface area contributed by atoms with Gasteiger partial charge in [-0.3, -0.25) is 0 Å². The van der Waals surface area contributed by atoms with Crippen LogP contribution in [0.2, 0.25) is 0 Å². The van der Waals surface area contributed by atoms with Gasteiger partial charge < -0.3 is 10.3 Å². The number of nitrogens with two attached hydrogens (primary N) is 1. The van der Waals surface area contributed by atoms with Crippen molar-refractivity contribution in [2.75, 3.05) is 0 Å². The van der Waals surface area contributed by atoms with Crippen LogP contribution in [-0.4, -0.2) is 10.1 Å². The summed E-state index contributed by atoms with van der Waals surface area (Å²) in [7, 11) is 0. The summed E-state index contributed by atoms with van der Waals surface area (Å²) >= 11 is 0. The molecule has 1 aromatic carbocycles. The van der Waals surface area contributed by atoms with Crippen molar-refractivity contribution in [1.29, 1.82) is 0 Å². The van der Waals surface area contributed by atoms with E-state index in [1.54, 1.807) is 0 Å². The molecule has 2 N–H and O–H groups in total. The van der Waals surface area contributed by atoms with E-state index >= 15 is 0 Å². The highest BCUT2D eigenvalue weighted by molar-refractivity contribution is 5.54. The zero-order valence-corrected chi connectivity index (χ0v) is 8.83. The number of hydrogen-bond acceptors (Lipinski definition) is 4. The summed E-state index contributed by atoms with van der Waals surface area (Å²) in [6, 6.07) is 2.05. The molecule has 1 aromatic heterocycles. The first-order chi connectivity index (χ1) is 8.41. The fourth-order valence-corrected chi connectivity index (χ4v) is 1.31. The van der Waals surface area contributed by atoms with Crippen molar-refractivity contribution in [3.8, 4) is 11.5 Å². The Morgan fingerprint density at radius 1 is 1.28 bits per heavy atom. The van der Waals surface area contributed by atoms with Gasteiger partial charge >= 0.3 is 6.18 Å². The number of rotatable bonds is 2. The number of hydrogen-bond donors (Lipinski definition) is 1. The smallest absolute Gasteiger partial charge is 0.334 e. The van der Waals surface area contributed by atoms with Gasteiger partial charge in [-0.2, -0.15) is 18.2 Å². The topological polar surface area (TPSA) is 64.9 Å². The highest BCUT2D eigenvalue weighted by Crippen LogP contribution is 2.32. The Kier molecular flexibility index (Phi) is 3.04. The van der Waals surface area contributed by atoms with Crippen LogP contribution in [0.3, 0.4) is 0 Å². The quantitative estimate of drug-likeness (QED) is 0.843. The number of benzene rings is 1. The van der Waals surface area contributed by atoms with Crippen LogP contribution in [0.25, 0.3) is 11.5 Å². The first-order valence-corrected chi connectivity index (χ1v) is 4.81. The molecule has 96 valence electrons. The van der Waals surface area contributed by atoms with Gasteiger partial charge in [0.15, 0.2) is 5.82 Å². The van der Waals surface area contributed by atoms with E-state index in [2.05, 4.69) is 14.7 Å². The van der Waals surface area contributed by atoms with Gasteiger partial charge in [0, 0.05) is 0 Å². The molecule has 0 aliphatic carbocycles. The summed E-state index contributed by atoms with van der Waals surface area (Å²) in [5.74, 6) is -1.15. The SMILES string of the molecule is NCc1noc(-c2ccc(C(F)(F)F)cc2F)n1.